The van der Waals surface area contributed by atoms with Crippen molar-refractivity contribution in [1.29, 1.82) is 0 Å². The fourth-order valence-electron chi connectivity index (χ4n) is 3.15. The number of aromatic nitrogens is 4. The van der Waals surface area contributed by atoms with Gasteiger partial charge in [-0.25, -0.2) is 4.68 Å². The van der Waals surface area contributed by atoms with Gasteiger partial charge in [-0.2, -0.15) is 23.4 Å². The summed E-state index contributed by atoms with van der Waals surface area (Å²) in [4.78, 5) is 4.07. The molecule has 0 unspecified atom stereocenters. The summed E-state index contributed by atoms with van der Waals surface area (Å²) >= 11 is 0. The van der Waals surface area contributed by atoms with Crippen LogP contribution in [0.3, 0.4) is 0 Å². The zero-order valence-corrected chi connectivity index (χ0v) is 17.2. The molecule has 0 spiro atoms. The first kappa shape index (κ1) is 21.4. The predicted molar refractivity (Wildman–Crippen MR) is 108 cm³/mol. The van der Waals surface area contributed by atoms with E-state index in [2.05, 4.69) is 25.8 Å². The van der Waals surface area contributed by atoms with Crippen LogP contribution in [0.2, 0.25) is 0 Å². The number of aryl methyl sites for hydroxylation is 3. The van der Waals surface area contributed by atoms with Crippen LogP contribution in [-0.4, -0.2) is 32.6 Å². The van der Waals surface area contributed by atoms with E-state index in [0.717, 1.165) is 23.1 Å². The summed E-state index contributed by atoms with van der Waals surface area (Å²) < 4.78 is 44.4. The van der Waals surface area contributed by atoms with E-state index in [9.17, 15) is 13.2 Å². The number of guanidine groups is 1. The SMILES string of the molecule is CN=C(NCc1ccc(-n2nc(C)cc2C)cc1C(F)(F)F)NCc1ccnn1C. The van der Waals surface area contributed by atoms with Gasteiger partial charge < -0.3 is 10.6 Å². The molecule has 0 aliphatic carbocycles. The van der Waals surface area contributed by atoms with Crippen molar-refractivity contribution in [3.63, 3.8) is 0 Å². The van der Waals surface area contributed by atoms with Gasteiger partial charge in [-0.3, -0.25) is 9.67 Å². The highest BCUT2D eigenvalue weighted by molar-refractivity contribution is 5.79. The molecule has 10 heteroatoms. The van der Waals surface area contributed by atoms with Gasteiger partial charge in [0.25, 0.3) is 0 Å². The number of halogens is 3. The fourth-order valence-corrected chi connectivity index (χ4v) is 3.15. The van der Waals surface area contributed by atoms with Gasteiger partial charge in [-0.1, -0.05) is 6.07 Å². The highest BCUT2D eigenvalue weighted by atomic mass is 19.4. The van der Waals surface area contributed by atoms with Crippen molar-refractivity contribution in [3.8, 4) is 5.69 Å². The summed E-state index contributed by atoms with van der Waals surface area (Å²) in [5, 5.41) is 14.4. The minimum Gasteiger partial charge on any atom is -0.352 e. The van der Waals surface area contributed by atoms with Crippen LogP contribution in [0.25, 0.3) is 5.69 Å². The number of hydrogen-bond donors (Lipinski definition) is 2. The van der Waals surface area contributed by atoms with Gasteiger partial charge in [0.05, 0.1) is 29.2 Å². The molecule has 7 nitrogen and oxygen atoms in total. The molecular formula is C20H24F3N7. The number of aliphatic imine (C=N–C) groups is 1. The third kappa shape index (κ3) is 4.81. The molecule has 0 radical (unpaired) electrons. The minimum absolute atomic E-state index is 0.0305. The van der Waals surface area contributed by atoms with Gasteiger partial charge in [-0.15, -0.1) is 0 Å². The summed E-state index contributed by atoms with van der Waals surface area (Å²) in [5.41, 5.74) is 2.22. The van der Waals surface area contributed by atoms with Crippen LogP contribution in [0.5, 0.6) is 0 Å². The first-order chi connectivity index (χ1) is 14.2. The normalized spacial score (nSPS) is 12.3. The third-order valence-corrected chi connectivity index (χ3v) is 4.68. The van der Waals surface area contributed by atoms with Crippen molar-refractivity contribution in [2.24, 2.45) is 12.0 Å². The number of hydrogen-bond acceptors (Lipinski definition) is 3. The van der Waals surface area contributed by atoms with E-state index in [-0.39, 0.29) is 12.1 Å². The molecule has 2 aromatic heterocycles. The van der Waals surface area contributed by atoms with E-state index in [0.29, 0.717) is 18.2 Å². The molecule has 0 saturated carbocycles. The Kier molecular flexibility index (Phi) is 6.14. The second kappa shape index (κ2) is 8.60. The number of benzene rings is 1. The molecule has 2 N–H and O–H groups in total. The zero-order chi connectivity index (χ0) is 21.9. The molecule has 0 amide bonds. The standard InChI is InChI=1S/C20H24F3N7/c1-13-9-14(2)30(28-13)16-6-5-15(18(10-16)20(21,22)23)11-25-19(24-3)26-12-17-7-8-27-29(17)4/h5-10H,11-12H2,1-4H3,(H2,24,25,26). The van der Waals surface area contributed by atoms with Crippen LogP contribution >= 0.6 is 0 Å². The maximum absolute atomic E-state index is 13.7. The van der Waals surface area contributed by atoms with Crippen LogP contribution in [0, 0.1) is 13.8 Å². The Hall–Kier alpha value is -3.30. The molecule has 2 heterocycles. The minimum atomic E-state index is -4.49. The van der Waals surface area contributed by atoms with Crippen LogP contribution in [0.15, 0.2) is 41.5 Å². The number of nitrogens with zero attached hydrogens (tertiary/aromatic N) is 5. The van der Waals surface area contributed by atoms with Gasteiger partial charge in [0.15, 0.2) is 5.96 Å². The Bertz CT molecular complexity index is 1050. The molecule has 0 saturated heterocycles. The highest BCUT2D eigenvalue weighted by Crippen LogP contribution is 2.33. The lowest BCUT2D eigenvalue weighted by Gasteiger charge is -2.17. The average Bonchev–Trinajstić information content (AvgIpc) is 3.25. The Morgan fingerprint density at radius 2 is 1.83 bits per heavy atom. The van der Waals surface area contributed by atoms with Gasteiger partial charge >= 0.3 is 6.18 Å². The largest absolute Gasteiger partial charge is 0.416 e. The maximum atomic E-state index is 13.7. The molecule has 30 heavy (non-hydrogen) atoms. The van der Waals surface area contributed by atoms with Gasteiger partial charge in [0.1, 0.15) is 0 Å². The van der Waals surface area contributed by atoms with Gasteiger partial charge in [0.2, 0.25) is 0 Å². The van der Waals surface area contributed by atoms with E-state index in [1.54, 1.807) is 37.8 Å². The predicted octanol–water partition coefficient (Wildman–Crippen LogP) is 3.11. The molecule has 0 atom stereocenters. The summed E-state index contributed by atoms with van der Waals surface area (Å²) in [6.45, 7) is 4.02. The highest BCUT2D eigenvalue weighted by Gasteiger charge is 2.33. The molecular weight excluding hydrogens is 395 g/mol. The van der Waals surface area contributed by atoms with E-state index in [4.69, 9.17) is 0 Å². The molecule has 0 bridgehead atoms. The first-order valence-corrected chi connectivity index (χ1v) is 9.34. The Morgan fingerprint density at radius 3 is 2.40 bits per heavy atom. The van der Waals surface area contributed by atoms with Crippen molar-refractivity contribution in [2.75, 3.05) is 7.05 Å². The number of alkyl halides is 3. The van der Waals surface area contributed by atoms with Crippen molar-refractivity contribution in [2.45, 2.75) is 33.1 Å². The van der Waals surface area contributed by atoms with Crippen LogP contribution in [0.4, 0.5) is 13.2 Å². The number of nitrogens with one attached hydrogen (secondary N) is 2. The van der Waals surface area contributed by atoms with E-state index < -0.39 is 11.7 Å². The topological polar surface area (TPSA) is 72.1 Å². The molecule has 0 fully saturated rings. The second-order valence-electron chi connectivity index (χ2n) is 6.90. The Balaban J connectivity index is 1.77. The Labute approximate surface area is 172 Å². The number of rotatable bonds is 5. The maximum Gasteiger partial charge on any atom is 0.416 e. The van der Waals surface area contributed by atoms with E-state index in [1.807, 2.05) is 19.2 Å². The van der Waals surface area contributed by atoms with Crippen molar-refractivity contribution in [1.82, 2.24) is 30.2 Å². The second-order valence-corrected chi connectivity index (χ2v) is 6.90. The van der Waals surface area contributed by atoms with Gasteiger partial charge in [-0.05, 0) is 43.7 Å². The molecule has 0 aliphatic heterocycles. The molecule has 160 valence electrons. The quantitative estimate of drug-likeness (QED) is 0.493. The first-order valence-electron chi connectivity index (χ1n) is 9.34. The summed E-state index contributed by atoms with van der Waals surface area (Å²) in [7, 11) is 3.38. The van der Waals surface area contributed by atoms with Crippen LogP contribution in [-0.2, 0) is 26.3 Å². The summed E-state index contributed by atoms with van der Waals surface area (Å²) in [6, 6.07) is 7.90. The molecule has 1 aromatic carbocycles. The third-order valence-electron chi connectivity index (χ3n) is 4.68. The zero-order valence-electron chi connectivity index (χ0n) is 17.2. The molecule has 3 aromatic rings. The van der Waals surface area contributed by atoms with Crippen molar-refractivity contribution >= 4 is 5.96 Å². The monoisotopic (exact) mass is 419 g/mol. The summed E-state index contributed by atoms with van der Waals surface area (Å²) in [6.07, 6.45) is -2.82. The van der Waals surface area contributed by atoms with Crippen LogP contribution < -0.4 is 10.6 Å². The van der Waals surface area contributed by atoms with Gasteiger partial charge in [0, 0.05) is 32.5 Å². The lowest BCUT2D eigenvalue weighted by Crippen LogP contribution is -2.37. The average molecular weight is 419 g/mol. The lowest BCUT2D eigenvalue weighted by atomic mass is 10.1. The Morgan fingerprint density at radius 1 is 1.10 bits per heavy atom. The fraction of sp³-hybridized carbons (Fsp3) is 0.350. The van der Waals surface area contributed by atoms with Crippen LogP contribution in [0.1, 0.15) is 28.2 Å². The van der Waals surface area contributed by atoms with E-state index in [1.165, 1.54) is 10.7 Å². The van der Waals surface area contributed by atoms with Crippen molar-refractivity contribution in [3.05, 3.63) is 64.7 Å². The summed E-state index contributed by atoms with van der Waals surface area (Å²) in [5.74, 6) is 0.395. The molecule has 0 aliphatic rings. The molecule has 3 rings (SSSR count). The smallest absolute Gasteiger partial charge is 0.352 e. The van der Waals surface area contributed by atoms with Crippen molar-refractivity contribution < 1.29 is 13.2 Å². The lowest BCUT2D eigenvalue weighted by molar-refractivity contribution is -0.138. The van der Waals surface area contributed by atoms with E-state index >= 15 is 0 Å².